The molecule has 0 aliphatic carbocycles. The van der Waals surface area contributed by atoms with Gasteiger partial charge in [0.2, 0.25) is 5.91 Å². The third-order valence-corrected chi connectivity index (χ3v) is 3.68. The lowest BCUT2D eigenvalue weighted by molar-refractivity contribution is -0.123. The highest BCUT2D eigenvalue weighted by Gasteiger charge is 2.20. The minimum atomic E-state index is -0.447. The van der Waals surface area contributed by atoms with E-state index < -0.39 is 6.04 Å². The first-order chi connectivity index (χ1) is 10.1. The van der Waals surface area contributed by atoms with E-state index in [1.165, 1.54) is 0 Å². The maximum atomic E-state index is 12.1. The maximum Gasteiger partial charge on any atom is 0.237 e. The second kappa shape index (κ2) is 8.15. The topological polar surface area (TPSA) is 72.9 Å². The number of hydrogen-bond acceptors (Lipinski definition) is 3. The molecule has 122 valence electrons. The van der Waals surface area contributed by atoms with Crippen LogP contribution in [0.4, 0.5) is 0 Å². The first-order valence-electron chi connectivity index (χ1n) is 7.59. The number of benzene rings is 1. The predicted octanol–water partition coefficient (Wildman–Crippen LogP) is 2.78. The standard InChI is InChI=1S/C16H24N4O.ClH/c1-4-8-12(17)16(21)18-11(3)15-19-13-9-6-7-10-14(13)20(15)5-2;/h6-7,9-12H,4-5,8,17H2,1-3H3,(H,18,21);1H. The molecule has 0 spiro atoms. The molecule has 0 fully saturated rings. The number of nitrogens with two attached hydrogens (primary N) is 1. The van der Waals surface area contributed by atoms with Gasteiger partial charge in [0.05, 0.1) is 23.1 Å². The number of rotatable bonds is 6. The van der Waals surface area contributed by atoms with Gasteiger partial charge < -0.3 is 15.6 Å². The minimum Gasteiger partial charge on any atom is -0.345 e. The Kier molecular flexibility index (Phi) is 6.84. The molecule has 0 saturated carbocycles. The van der Waals surface area contributed by atoms with E-state index in [2.05, 4.69) is 21.8 Å². The zero-order valence-electron chi connectivity index (χ0n) is 13.4. The van der Waals surface area contributed by atoms with Crippen LogP contribution in [0.15, 0.2) is 24.3 Å². The Balaban J connectivity index is 0.00000242. The van der Waals surface area contributed by atoms with Crippen molar-refractivity contribution in [3.05, 3.63) is 30.1 Å². The van der Waals surface area contributed by atoms with E-state index in [1.54, 1.807) is 0 Å². The van der Waals surface area contributed by atoms with Crippen LogP contribution >= 0.6 is 12.4 Å². The van der Waals surface area contributed by atoms with Crippen LogP contribution in [0, 0.1) is 0 Å². The number of aromatic nitrogens is 2. The smallest absolute Gasteiger partial charge is 0.237 e. The zero-order chi connectivity index (χ0) is 15.4. The SMILES string of the molecule is CCCC(N)C(=O)NC(C)c1nc2ccccc2n1CC.Cl. The van der Waals surface area contributed by atoms with Crippen LogP contribution < -0.4 is 11.1 Å². The van der Waals surface area contributed by atoms with Crippen LogP contribution in [0.1, 0.15) is 45.5 Å². The fourth-order valence-electron chi connectivity index (χ4n) is 2.58. The molecule has 0 bridgehead atoms. The van der Waals surface area contributed by atoms with Gasteiger partial charge in [0.15, 0.2) is 0 Å². The van der Waals surface area contributed by atoms with E-state index in [0.29, 0.717) is 6.42 Å². The number of para-hydroxylation sites is 2. The summed E-state index contributed by atoms with van der Waals surface area (Å²) in [5.41, 5.74) is 7.90. The number of nitrogens with one attached hydrogen (secondary N) is 1. The number of fused-ring (bicyclic) bond motifs is 1. The Morgan fingerprint density at radius 2 is 2.05 bits per heavy atom. The lowest BCUT2D eigenvalue weighted by Crippen LogP contribution is -2.42. The molecule has 3 N–H and O–H groups in total. The molecule has 2 aromatic rings. The molecule has 2 rings (SSSR count). The van der Waals surface area contributed by atoms with Gasteiger partial charge in [0.25, 0.3) is 0 Å². The highest BCUT2D eigenvalue weighted by atomic mass is 35.5. The summed E-state index contributed by atoms with van der Waals surface area (Å²) < 4.78 is 2.13. The Hall–Kier alpha value is -1.59. The number of aryl methyl sites for hydroxylation is 1. The molecule has 6 heteroatoms. The van der Waals surface area contributed by atoms with Gasteiger partial charge >= 0.3 is 0 Å². The Morgan fingerprint density at radius 3 is 2.68 bits per heavy atom. The van der Waals surface area contributed by atoms with Gasteiger partial charge in [0, 0.05) is 6.54 Å². The molecule has 1 aromatic heterocycles. The average molecular weight is 325 g/mol. The summed E-state index contributed by atoms with van der Waals surface area (Å²) in [6, 6.07) is 7.40. The van der Waals surface area contributed by atoms with E-state index in [1.807, 2.05) is 38.1 Å². The molecule has 0 aliphatic rings. The van der Waals surface area contributed by atoms with Gasteiger partial charge in [-0.15, -0.1) is 12.4 Å². The van der Waals surface area contributed by atoms with Crippen molar-refractivity contribution < 1.29 is 4.79 Å². The molecular weight excluding hydrogens is 300 g/mol. The van der Waals surface area contributed by atoms with Gasteiger partial charge in [-0.2, -0.15) is 0 Å². The quantitative estimate of drug-likeness (QED) is 0.858. The van der Waals surface area contributed by atoms with Crippen molar-refractivity contribution in [2.24, 2.45) is 5.73 Å². The monoisotopic (exact) mass is 324 g/mol. The van der Waals surface area contributed by atoms with Gasteiger partial charge in [-0.1, -0.05) is 25.5 Å². The summed E-state index contributed by atoms with van der Waals surface area (Å²) in [7, 11) is 0. The number of halogens is 1. The van der Waals surface area contributed by atoms with Gasteiger partial charge in [-0.05, 0) is 32.4 Å². The zero-order valence-corrected chi connectivity index (χ0v) is 14.2. The lowest BCUT2D eigenvalue weighted by atomic mass is 10.1. The highest BCUT2D eigenvalue weighted by Crippen LogP contribution is 2.20. The van der Waals surface area contributed by atoms with Crippen molar-refractivity contribution in [2.75, 3.05) is 0 Å². The third kappa shape index (κ3) is 3.78. The van der Waals surface area contributed by atoms with Gasteiger partial charge in [0.1, 0.15) is 5.82 Å². The van der Waals surface area contributed by atoms with Crippen LogP contribution in [0.2, 0.25) is 0 Å². The van der Waals surface area contributed by atoms with Crippen molar-refractivity contribution in [3.8, 4) is 0 Å². The number of hydrogen-bond donors (Lipinski definition) is 2. The summed E-state index contributed by atoms with van der Waals surface area (Å²) in [5.74, 6) is 0.759. The first kappa shape index (κ1) is 18.5. The molecule has 0 radical (unpaired) electrons. The number of amides is 1. The summed E-state index contributed by atoms with van der Waals surface area (Å²) in [6.07, 6.45) is 1.60. The molecule has 2 atom stereocenters. The van der Waals surface area contributed by atoms with Crippen LogP contribution in [0.3, 0.4) is 0 Å². The van der Waals surface area contributed by atoms with Crippen molar-refractivity contribution >= 4 is 29.3 Å². The summed E-state index contributed by atoms with van der Waals surface area (Å²) >= 11 is 0. The van der Waals surface area contributed by atoms with Crippen molar-refractivity contribution in [1.82, 2.24) is 14.9 Å². The fourth-order valence-corrected chi connectivity index (χ4v) is 2.58. The minimum absolute atomic E-state index is 0. The summed E-state index contributed by atoms with van der Waals surface area (Å²) in [5, 5.41) is 2.97. The Bertz CT molecular complexity index is 626. The number of nitrogens with zero attached hydrogens (tertiary/aromatic N) is 2. The Labute approximate surface area is 137 Å². The highest BCUT2D eigenvalue weighted by molar-refractivity contribution is 5.85. The average Bonchev–Trinajstić information content (AvgIpc) is 2.86. The van der Waals surface area contributed by atoms with E-state index in [-0.39, 0.29) is 24.4 Å². The van der Waals surface area contributed by atoms with Gasteiger partial charge in [-0.25, -0.2) is 4.98 Å². The molecule has 1 heterocycles. The second-order valence-electron chi connectivity index (χ2n) is 5.33. The fraction of sp³-hybridized carbons (Fsp3) is 0.500. The molecule has 5 nitrogen and oxygen atoms in total. The first-order valence-corrected chi connectivity index (χ1v) is 7.59. The summed E-state index contributed by atoms with van der Waals surface area (Å²) in [6.45, 7) is 6.86. The van der Waals surface area contributed by atoms with Crippen LogP contribution in [-0.4, -0.2) is 21.5 Å². The molecule has 2 unspecified atom stereocenters. The van der Waals surface area contributed by atoms with Crippen molar-refractivity contribution in [3.63, 3.8) is 0 Å². The summed E-state index contributed by atoms with van der Waals surface area (Å²) in [4.78, 5) is 16.7. The number of imidazole rings is 1. The molecule has 1 amide bonds. The molecular formula is C16H25ClN4O. The molecule has 22 heavy (non-hydrogen) atoms. The van der Waals surface area contributed by atoms with Crippen LogP contribution in [-0.2, 0) is 11.3 Å². The van der Waals surface area contributed by atoms with Gasteiger partial charge in [-0.3, -0.25) is 4.79 Å². The van der Waals surface area contributed by atoms with Crippen molar-refractivity contribution in [1.29, 1.82) is 0 Å². The third-order valence-electron chi connectivity index (χ3n) is 3.68. The lowest BCUT2D eigenvalue weighted by Gasteiger charge is -2.18. The molecule has 0 saturated heterocycles. The normalized spacial score (nSPS) is 13.5. The predicted molar refractivity (Wildman–Crippen MR) is 92.1 cm³/mol. The largest absolute Gasteiger partial charge is 0.345 e. The van der Waals surface area contributed by atoms with E-state index >= 15 is 0 Å². The van der Waals surface area contributed by atoms with E-state index in [4.69, 9.17) is 5.73 Å². The maximum absolute atomic E-state index is 12.1. The molecule has 1 aromatic carbocycles. The van der Waals surface area contributed by atoms with Crippen molar-refractivity contribution in [2.45, 2.75) is 52.2 Å². The van der Waals surface area contributed by atoms with E-state index in [0.717, 1.165) is 29.8 Å². The molecule has 0 aliphatic heterocycles. The van der Waals surface area contributed by atoms with Crippen LogP contribution in [0.5, 0.6) is 0 Å². The number of carbonyl (C=O) groups is 1. The second-order valence-corrected chi connectivity index (χ2v) is 5.33. The Morgan fingerprint density at radius 1 is 1.36 bits per heavy atom. The van der Waals surface area contributed by atoms with E-state index in [9.17, 15) is 4.79 Å². The number of carbonyl (C=O) groups excluding carboxylic acids is 1. The van der Waals surface area contributed by atoms with Crippen LogP contribution in [0.25, 0.3) is 11.0 Å².